The first-order chi connectivity index (χ1) is 8.04. The Bertz CT molecular complexity index is 394. The molecule has 1 rings (SSSR count). The number of nitro groups is 1. The number of benzene rings is 1. The first-order valence-corrected chi connectivity index (χ1v) is 4.93. The van der Waals surface area contributed by atoms with E-state index in [0.29, 0.717) is 0 Å². The van der Waals surface area contributed by atoms with E-state index < -0.39 is 11.0 Å². The third kappa shape index (κ3) is 3.89. The summed E-state index contributed by atoms with van der Waals surface area (Å²) in [7, 11) is 0. The van der Waals surface area contributed by atoms with Gasteiger partial charge in [-0.15, -0.1) is 0 Å². The zero-order valence-electron chi connectivity index (χ0n) is 8.94. The van der Waals surface area contributed by atoms with Crippen LogP contribution in [0.4, 0.5) is 5.69 Å². The molecule has 0 fully saturated rings. The van der Waals surface area contributed by atoms with Crippen molar-refractivity contribution >= 4 is 5.69 Å². The minimum absolute atomic E-state index is 0.0238. The van der Waals surface area contributed by atoms with E-state index in [0.717, 1.165) is 18.2 Å². The molecule has 0 aromatic heterocycles. The lowest BCUT2D eigenvalue weighted by atomic mass is 10.2. The Morgan fingerprint density at radius 3 is 2.76 bits per heavy atom. The topological polar surface area (TPSA) is 113 Å². The number of non-ortho nitro benzene ring substituents is 1. The summed E-state index contributed by atoms with van der Waals surface area (Å²) in [6.07, 6.45) is -0.741. The van der Waals surface area contributed by atoms with Gasteiger partial charge in [-0.1, -0.05) is 0 Å². The molecule has 17 heavy (non-hydrogen) atoms. The van der Waals surface area contributed by atoms with Crippen molar-refractivity contribution in [3.8, 4) is 11.5 Å². The number of nitrogens with zero attached hydrogens (tertiary/aromatic N) is 1. The molecule has 0 spiro atoms. The molecule has 0 radical (unpaired) electrons. The third-order valence-electron chi connectivity index (χ3n) is 2.07. The highest BCUT2D eigenvalue weighted by Gasteiger charge is 2.11. The number of nitro benzene ring substituents is 1. The van der Waals surface area contributed by atoms with E-state index in [1.54, 1.807) is 0 Å². The van der Waals surface area contributed by atoms with E-state index in [2.05, 4.69) is 0 Å². The smallest absolute Gasteiger partial charge is 0.273 e. The number of phenols is 1. The number of rotatable bonds is 6. The first-order valence-electron chi connectivity index (χ1n) is 4.93. The van der Waals surface area contributed by atoms with Crippen molar-refractivity contribution in [2.45, 2.75) is 12.5 Å². The van der Waals surface area contributed by atoms with Gasteiger partial charge in [-0.3, -0.25) is 10.1 Å². The summed E-state index contributed by atoms with van der Waals surface area (Å²) in [6.45, 7) is -0.346. The fraction of sp³-hybridized carbons (Fsp3) is 0.400. The third-order valence-corrected chi connectivity index (χ3v) is 2.07. The molecule has 0 aliphatic heterocycles. The van der Waals surface area contributed by atoms with E-state index >= 15 is 0 Å². The summed E-state index contributed by atoms with van der Waals surface area (Å²) in [5.74, 6) is -0.238. The molecule has 0 bridgehead atoms. The van der Waals surface area contributed by atoms with Gasteiger partial charge >= 0.3 is 0 Å². The van der Waals surface area contributed by atoms with E-state index in [9.17, 15) is 15.2 Å². The molecule has 0 saturated heterocycles. The van der Waals surface area contributed by atoms with Crippen LogP contribution in [0, 0.1) is 10.1 Å². The lowest BCUT2D eigenvalue weighted by molar-refractivity contribution is -0.385. The van der Waals surface area contributed by atoms with E-state index in [1.807, 2.05) is 0 Å². The number of ether oxygens (including phenoxy) is 1. The van der Waals surface area contributed by atoms with Crippen molar-refractivity contribution < 1.29 is 25.0 Å². The van der Waals surface area contributed by atoms with Crippen molar-refractivity contribution in [1.82, 2.24) is 0 Å². The highest BCUT2D eigenvalue weighted by molar-refractivity contribution is 5.47. The van der Waals surface area contributed by atoms with Crippen molar-refractivity contribution in [3.05, 3.63) is 28.3 Å². The summed E-state index contributed by atoms with van der Waals surface area (Å²) < 4.78 is 5.07. The molecule has 1 atom stereocenters. The van der Waals surface area contributed by atoms with Gasteiger partial charge in [0.2, 0.25) is 0 Å². The number of hydrogen-bond donors (Lipinski definition) is 3. The Kier molecular flexibility index (Phi) is 4.68. The second-order valence-electron chi connectivity index (χ2n) is 3.38. The minimum Gasteiger partial charge on any atom is -0.504 e. The predicted octanol–water partition coefficient (Wildman–Crippen LogP) is 0.422. The van der Waals surface area contributed by atoms with Gasteiger partial charge in [0, 0.05) is 12.5 Å². The summed E-state index contributed by atoms with van der Waals surface area (Å²) >= 11 is 0. The van der Waals surface area contributed by atoms with Gasteiger partial charge in [0.25, 0.3) is 5.69 Å². The Balaban J connectivity index is 2.63. The van der Waals surface area contributed by atoms with Crippen LogP contribution < -0.4 is 4.74 Å². The molecule has 7 nitrogen and oxygen atoms in total. The summed E-state index contributed by atoms with van der Waals surface area (Å²) in [5.41, 5.74) is -0.194. The van der Waals surface area contributed by atoms with Crippen LogP contribution in [0.5, 0.6) is 11.5 Å². The van der Waals surface area contributed by atoms with E-state index in [-0.39, 0.29) is 36.8 Å². The van der Waals surface area contributed by atoms with Crippen LogP contribution in [-0.2, 0) is 0 Å². The van der Waals surface area contributed by atoms with Gasteiger partial charge in [-0.2, -0.15) is 0 Å². The molecular weight excluding hydrogens is 230 g/mol. The monoisotopic (exact) mass is 243 g/mol. The molecule has 0 aliphatic rings. The molecule has 7 heteroatoms. The SMILES string of the molecule is O=[N+]([O-])c1ccc(O)c(OCCC(O)CO)c1. The predicted molar refractivity (Wildman–Crippen MR) is 58.0 cm³/mol. The molecule has 0 heterocycles. The van der Waals surface area contributed by atoms with Gasteiger partial charge < -0.3 is 20.1 Å². The van der Waals surface area contributed by atoms with Crippen LogP contribution in [0.2, 0.25) is 0 Å². The molecular formula is C10H13NO6. The molecule has 1 aromatic rings. The van der Waals surface area contributed by atoms with Crippen LogP contribution in [-0.4, -0.2) is 39.6 Å². The standard InChI is InChI=1S/C10H13NO6/c12-6-8(13)3-4-17-10-5-7(11(15)16)1-2-9(10)14/h1-2,5,8,12-14H,3-4,6H2. The van der Waals surface area contributed by atoms with E-state index in [1.165, 1.54) is 0 Å². The quantitative estimate of drug-likeness (QED) is 0.493. The van der Waals surface area contributed by atoms with Crippen LogP contribution in [0.1, 0.15) is 6.42 Å². The van der Waals surface area contributed by atoms with Gasteiger partial charge in [0.1, 0.15) is 0 Å². The van der Waals surface area contributed by atoms with Crippen molar-refractivity contribution in [1.29, 1.82) is 0 Å². The highest BCUT2D eigenvalue weighted by Crippen LogP contribution is 2.30. The second-order valence-corrected chi connectivity index (χ2v) is 3.38. The van der Waals surface area contributed by atoms with Gasteiger partial charge in [0.05, 0.1) is 30.3 Å². The normalized spacial score (nSPS) is 12.1. The summed E-state index contributed by atoms with van der Waals surface area (Å²) in [5, 5.41) is 37.5. The maximum Gasteiger partial charge on any atom is 0.273 e. The molecule has 0 aliphatic carbocycles. The Morgan fingerprint density at radius 2 is 2.18 bits per heavy atom. The average molecular weight is 243 g/mol. The fourth-order valence-corrected chi connectivity index (χ4v) is 1.13. The molecule has 3 N–H and O–H groups in total. The maximum atomic E-state index is 10.5. The summed E-state index contributed by atoms with van der Waals surface area (Å²) in [6, 6.07) is 3.42. The Morgan fingerprint density at radius 1 is 1.47 bits per heavy atom. The first kappa shape index (κ1) is 13.2. The van der Waals surface area contributed by atoms with Crippen LogP contribution in [0.25, 0.3) is 0 Å². The molecule has 0 saturated carbocycles. The highest BCUT2D eigenvalue weighted by atomic mass is 16.6. The molecule has 1 aromatic carbocycles. The van der Waals surface area contributed by atoms with Gasteiger partial charge in [0.15, 0.2) is 11.5 Å². The zero-order chi connectivity index (χ0) is 12.8. The largest absolute Gasteiger partial charge is 0.504 e. The Labute approximate surface area is 97.0 Å². The minimum atomic E-state index is -0.907. The van der Waals surface area contributed by atoms with Crippen LogP contribution in [0.15, 0.2) is 18.2 Å². The summed E-state index contributed by atoms with van der Waals surface area (Å²) in [4.78, 5) is 9.89. The van der Waals surface area contributed by atoms with E-state index in [4.69, 9.17) is 14.9 Å². The van der Waals surface area contributed by atoms with Crippen molar-refractivity contribution in [2.24, 2.45) is 0 Å². The second kappa shape index (κ2) is 6.02. The lowest BCUT2D eigenvalue weighted by Crippen LogP contribution is -2.15. The molecule has 0 amide bonds. The van der Waals surface area contributed by atoms with Crippen LogP contribution >= 0.6 is 0 Å². The average Bonchev–Trinajstić information content (AvgIpc) is 2.30. The zero-order valence-corrected chi connectivity index (χ0v) is 8.94. The van der Waals surface area contributed by atoms with Gasteiger partial charge in [-0.25, -0.2) is 0 Å². The maximum absolute atomic E-state index is 10.5. The van der Waals surface area contributed by atoms with Crippen LogP contribution in [0.3, 0.4) is 0 Å². The lowest BCUT2D eigenvalue weighted by Gasteiger charge is -2.10. The number of aromatic hydroxyl groups is 1. The molecule has 1 unspecified atom stereocenters. The number of phenolic OH excluding ortho intramolecular Hbond substituents is 1. The molecule has 94 valence electrons. The number of hydrogen-bond acceptors (Lipinski definition) is 6. The van der Waals surface area contributed by atoms with Gasteiger partial charge in [-0.05, 0) is 6.07 Å². The fourth-order valence-electron chi connectivity index (χ4n) is 1.13. The Hall–Kier alpha value is -1.86. The van der Waals surface area contributed by atoms with Crippen molar-refractivity contribution in [3.63, 3.8) is 0 Å². The van der Waals surface area contributed by atoms with Crippen molar-refractivity contribution in [2.75, 3.05) is 13.2 Å². The number of aliphatic hydroxyl groups excluding tert-OH is 2. The number of aliphatic hydroxyl groups is 2.